The second kappa shape index (κ2) is 2.86. The third-order valence-electron chi connectivity index (χ3n) is 0.861. The molecule has 0 aliphatic carbocycles. The van der Waals surface area contributed by atoms with E-state index in [1.165, 1.54) is 0 Å². The van der Waals surface area contributed by atoms with E-state index in [4.69, 9.17) is 11.6 Å². The molecule has 0 N–H and O–H groups in total. The second-order valence-corrected chi connectivity index (χ2v) is 1.83. The van der Waals surface area contributed by atoms with Gasteiger partial charge in [-0.25, -0.2) is 0 Å². The molecule has 0 aliphatic heterocycles. The molecule has 0 amide bonds. The minimum absolute atomic E-state index is 0.627. The Labute approximate surface area is 49.5 Å². The van der Waals surface area contributed by atoms with E-state index in [1.807, 2.05) is 19.9 Å². The molecular weight excluding hydrogens is 108 g/mol. The minimum atomic E-state index is 0.627. The Balaban J connectivity index is 3.82. The molecule has 0 atom stereocenters. The molecule has 0 aromatic carbocycles. The number of rotatable bonds is 1. The molecule has 0 nitrogen and oxygen atoms in total. The maximum atomic E-state index is 5.47. The van der Waals surface area contributed by atoms with Crippen molar-refractivity contribution in [3.63, 3.8) is 0 Å². The van der Waals surface area contributed by atoms with E-state index >= 15 is 0 Å². The molecule has 0 rings (SSSR count). The number of allylic oxidation sites excluding steroid dienone is 3. The molecule has 0 radical (unpaired) electrons. The van der Waals surface area contributed by atoms with Crippen molar-refractivity contribution < 1.29 is 0 Å². The van der Waals surface area contributed by atoms with Gasteiger partial charge in [-0.2, -0.15) is 0 Å². The predicted octanol–water partition coefficient (Wildman–Crippen LogP) is 2.71. The maximum absolute atomic E-state index is 5.47. The topological polar surface area (TPSA) is 0 Å². The highest BCUT2D eigenvalue weighted by Crippen LogP contribution is 2.08. The average molecular weight is 117 g/mol. The predicted molar refractivity (Wildman–Crippen MR) is 34.4 cm³/mol. The van der Waals surface area contributed by atoms with Crippen molar-refractivity contribution in [1.29, 1.82) is 0 Å². The second-order valence-electron chi connectivity index (χ2n) is 1.38. The Hall–Kier alpha value is -0.230. The van der Waals surface area contributed by atoms with Crippen LogP contribution in [-0.4, -0.2) is 0 Å². The molecule has 1 heteroatoms. The summed E-state index contributed by atoms with van der Waals surface area (Å²) < 4.78 is 0. The highest BCUT2D eigenvalue weighted by Gasteiger charge is 1.84. The first-order valence-electron chi connectivity index (χ1n) is 2.16. The fraction of sp³-hybridized carbons (Fsp3) is 0.333. The van der Waals surface area contributed by atoms with Gasteiger partial charge in [0.2, 0.25) is 0 Å². The smallest absolute Gasteiger partial charge is 0.0360 e. The molecule has 0 unspecified atom stereocenters. The van der Waals surface area contributed by atoms with Crippen LogP contribution in [0, 0.1) is 0 Å². The van der Waals surface area contributed by atoms with E-state index in [-0.39, 0.29) is 0 Å². The van der Waals surface area contributed by atoms with Gasteiger partial charge in [0, 0.05) is 5.03 Å². The van der Waals surface area contributed by atoms with Crippen LogP contribution in [0.4, 0.5) is 0 Å². The zero-order valence-electron chi connectivity index (χ0n) is 4.66. The van der Waals surface area contributed by atoms with Crippen molar-refractivity contribution >= 4 is 11.6 Å². The molecule has 0 aliphatic rings. The van der Waals surface area contributed by atoms with Gasteiger partial charge in [-0.05, 0) is 19.4 Å². The van der Waals surface area contributed by atoms with Gasteiger partial charge in [-0.1, -0.05) is 24.3 Å². The SMILES string of the molecule is C=C(Cl)/C(C)=C/C. The van der Waals surface area contributed by atoms with Crippen LogP contribution in [0.25, 0.3) is 0 Å². The summed E-state index contributed by atoms with van der Waals surface area (Å²) in [7, 11) is 0. The van der Waals surface area contributed by atoms with E-state index in [2.05, 4.69) is 6.58 Å². The largest absolute Gasteiger partial charge is 0.0847 e. The molecule has 0 bridgehead atoms. The molecule has 0 saturated carbocycles. The lowest BCUT2D eigenvalue weighted by Gasteiger charge is -1.89. The van der Waals surface area contributed by atoms with Crippen molar-refractivity contribution in [1.82, 2.24) is 0 Å². The first kappa shape index (κ1) is 6.77. The quantitative estimate of drug-likeness (QED) is 0.462. The van der Waals surface area contributed by atoms with Gasteiger partial charge in [0.15, 0.2) is 0 Å². The summed E-state index contributed by atoms with van der Waals surface area (Å²) in [5, 5.41) is 0.627. The molecule has 0 spiro atoms. The van der Waals surface area contributed by atoms with Crippen LogP contribution in [0.5, 0.6) is 0 Å². The summed E-state index contributed by atoms with van der Waals surface area (Å²) in [4.78, 5) is 0. The van der Waals surface area contributed by atoms with Crippen molar-refractivity contribution in [2.24, 2.45) is 0 Å². The first-order chi connectivity index (χ1) is 3.18. The molecule has 0 fully saturated rings. The lowest BCUT2D eigenvalue weighted by atomic mass is 10.3. The van der Waals surface area contributed by atoms with Crippen LogP contribution in [0.2, 0.25) is 0 Å². The molecule has 0 saturated heterocycles. The van der Waals surface area contributed by atoms with Gasteiger partial charge < -0.3 is 0 Å². The Bertz CT molecular complexity index is 101. The maximum Gasteiger partial charge on any atom is 0.0360 e. The Morgan fingerprint density at radius 3 is 2.14 bits per heavy atom. The van der Waals surface area contributed by atoms with Gasteiger partial charge in [0.25, 0.3) is 0 Å². The van der Waals surface area contributed by atoms with Gasteiger partial charge in [-0.15, -0.1) is 0 Å². The Morgan fingerprint density at radius 2 is 2.14 bits per heavy atom. The van der Waals surface area contributed by atoms with Crippen LogP contribution in [-0.2, 0) is 0 Å². The van der Waals surface area contributed by atoms with Crippen LogP contribution in [0.15, 0.2) is 23.3 Å². The normalized spacial score (nSPS) is 11.6. The summed E-state index contributed by atoms with van der Waals surface area (Å²) in [5.74, 6) is 0. The number of halogens is 1. The third kappa shape index (κ3) is 2.46. The first-order valence-corrected chi connectivity index (χ1v) is 2.54. The molecule has 0 aromatic rings. The van der Waals surface area contributed by atoms with E-state index < -0.39 is 0 Å². The van der Waals surface area contributed by atoms with Gasteiger partial charge in [0.05, 0.1) is 0 Å². The van der Waals surface area contributed by atoms with Crippen LogP contribution >= 0.6 is 11.6 Å². The number of hydrogen-bond donors (Lipinski definition) is 0. The van der Waals surface area contributed by atoms with Gasteiger partial charge >= 0.3 is 0 Å². The van der Waals surface area contributed by atoms with Crippen molar-refractivity contribution in [3.05, 3.63) is 23.3 Å². The zero-order chi connectivity index (χ0) is 5.86. The van der Waals surface area contributed by atoms with Crippen LogP contribution in [0.1, 0.15) is 13.8 Å². The Kier molecular flexibility index (Phi) is 2.77. The standard InChI is InChI=1S/C6H9Cl/c1-4-5(2)6(3)7/h4H,3H2,1-2H3/b5-4+. The third-order valence-corrected chi connectivity index (χ3v) is 1.16. The van der Waals surface area contributed by atoms with Gasteiger partial charge in [-0.3, -0.25) is 0 Å². The van der Waals surface area contributed by atoms with E-state index in [9.17, 15) is 0 Å². The summed E-state index contributed by atoms with van der Waals surface area (Å²) in [5.41, 5.74) is 1.04. The highest BCUT2D eigenvalue weighted by atomic mass is 35.5. The molecule has 40 valence electrons. The fourth-order valence-electron chi connectivity index (χ4n) is 0.157. The van der Waals surface area contributed by atoms with E-state index in [0.717, 1.165) is 5.57 Å². The summed E-state index contributed by atoms with van der Waals surface area (Å²) >= 11 is 5.47. The van der Waals surface area contributed by atoms with Crippen molar-refractivity contribution in [2.75, 3.05) is 0 Å². The van der Waals surface area contributed by atoms with Crippen LogP contribution in [0.3, 0.4) is 0 Å². The lowest BCUT2D eigenvalue weighted by molar-refractivity contribution is 1.46. The van der Waals surface area contributed by atoms with Gasteiger partial charge in [0.1, 0.15) is 0 Å². The Morgan fingerprint density at radius 1 is 1.71 bits per heavy atom. The summed E-state index contributed by atoms with van der Waals surface area (Å²) in [6.07, 6.45) is 1.93. The molecule has 7 heavy (non-hydrogen) atoms. The van der Waals surface area contributed by atoms with Crippen molar-refractivity contribution in [3.8, 4) is 0 Å². The summed E-state index contributed by atoms with van der Waals surface area (Å²) in [6.45, 7) is 7.38. The van der Waals surface area contributed by atoms with E-state index in [1.54, 1.807) is 0 Å². The highest BCUT2D eigenvalue weighted by molar-refractivity contribution is 6.31. The number of hydrogen-bond acceptors (Lipinski definition) is 0. The lowest BCUT2D eigenvalue weighted by Crippen LogP contribution is -1.67. The monoisotopic (exact) mass is 116 g/mol. The average Bonchev–Trinajstić information content (AvgIpc) is 1.65. The minimum Gasteiger partial charge on any atom is -0.0847 e. The molecular formula is C6H9Cl. The fourth-order valence-corrected chi connectivity index (χ4v) is 0.266. The summed E-state index contributed by atoms with van der Waals surface area (Å²) in [6, 6.07) is 0. The van der Waals surface area contributed by atoms with Crippen LogP contribution < -0.4 is 0 Å². The van der Waals surface area contributed by atoms with E-state index in [0.29, 0.717) is 5.03 Å². The van der Waals surface area contributed by atoms with Crippen molar-refractivity contribution in [2.45, 2.75) is 13.8 Å². The molecule has 0 aromatic heterocycles. The zero-order valence-corrected chi connectivity index (χ0v) is 5.42. The molecule has 0 heterocycles.